The van der Waals surface area contributed by atoms with Crippen molar-refractivity contribution in [1.82, 2.24) is 30.1 Å². The topological polar surface area (TPSA) is 111 Å². The third kappa shape index (κ3) is 4.27. The van der Waals surface area contributed by atoms with Crippen LogP contribution in [0.3, 0.4) is 0 Å². The Labute approximate surface area is 221 Å². The molecular weight excluding hydrogens is 504 g/mol. The molecule has 4 aromatic heterocycles. The van der Waals surface area contributed by atoms with E-state index in [-0.39, 0.29) is 18.4 Å². The van der Waals surface area contributed by atoms with Gasteiger partial charge in [0.1, 0.15) is 11.8 Å². The Kier molecular flexibility index (Phi) is 5.94. The molecule has 0 radical (unpaired) electrons. The molecule has 0 bridgehead atoms. The molecule has 1 unspecified atom stereocenters. The summed E-state index contributed by atoms with van der Waals surface area (Å²) < 4.78 is 18.8. The van der Waals surface area contributed by atoms with E-state index in [1.807, 2.05) is 41.1 Å². The van der Waals surface area contributed by atoms with E-state index in [4.69, 9.17) is 13.9 Å². The van der Waals surface area contributed by atoms with Crippen LogP contribution in [0, 0.1) is 0 Å². The van der Waals surface area contributed by atoms with Gasteiger partial charge in [0.25, 0.3) is 5.56 Å². The smallest absolute Gasteiger partial charge is 0.253 e. The number of tetrazole rings is 1. The van der Waals surface area contributed by atoms with Gasteiger partial charge in [-0.05, 0) is 59.0 Å². The number of H-pyrrole nitrogens is 1. The number of nitrogens with one attached hydrogen (secondary N) is 1. The van der Waals surface area contributed by atoms with Crippen molar-refractivity contribution in [2.24, 2.45) is 0 Å². The summed E-state index contributed by atoms with van der Waals surface area (Å²) in [6.07, 6.45) is 5.99. The maximum atomic E-state index is 13.8. The van der Waals surface area contributed by atoms with Gasteiger partial charge in [-0.3, -0.25) is 9.69 Å². The normalized spacial score (nSPS) is 16.1. The zero-order valence-corrected chi connectivity index (χ0v) is 21.4. The highest BCUT2D eigenvalue weighted by Gasteiger charge is 2.34. The molecule has 38 heavy (non-hydrogen) atoms. The van der Waals surface area contributed by atoms with Gasteiger partial charge in [0.05, 0.1) is 24.4 Å². The molecule has 0 spiro atoms. The molecule has 2 aliphatic rings. The van der Waals surface area contributed by atoms with E-state index in [0.29, 0.717) is 41.5 Å². The van der Waals surface area contributed by atoms with Crippen LogP contribution < -0.4 is 15.0 Å². The lowest BCUT2D eigenvalue weighted by Crippen LogP contribution is -2.35. The summed E-state index contributed by atoms with van der Waals surface area (Å²) in [7, 11) is 0. The molecule has 5 heterocycles. The lowest BCUT2D eigenvalue weighted by atomic mass is 10.0. The first kappa shape index (κ1) is 23.2. The second kappa shape index (κ2) is 9.73. The van der Waals surface area contributed by atoms with Crippen LogP contribution in [0.2, 0.25) is 0 Å². The molecule has 11 heteroatoms. The van der Waals surface area contributed by atoms with Crippen LogP contribution >= 0.6 is 11.3 Å². The number of benzene rings is 1. The third-order valence-electron chi connectivity index (χ3n) is 7.34. The Morgan fingerprint density at radius 1 is 1.11 bits per heavy atom. The summed E-state index contributed by atoms with van der Waals surface area (Å²) in [6.45, 7) is 1.24. The first-order valence-corrected chi connectivity index (χ1v) is 13.6. The van der Waals surface area contributed by atoms with E-state index < -0.39 is 6.04 Å². The van der Waals surface area contributed by atoms with Crippen LogP contribution in [0.5, 0.6) is 11.5 Å². The van der Waals surface area contributed by atoms with Gasteiger partial charge in [-0.15, -0.1) is 16.4 Å². The molecule has 1 aliphatic carbocycles. The van der Waals surface area contributed by atoms with E-state index in [2.05, 4.69) is 36.9 Å². The fraction of sp³-hybridized carbons (Fsp3) is 0.333. The highest BCUT2D eigenvalue weighted by atomic mass is 32.1. The fourth-order valence-electron chi connectivity index (χ4n) is 5.55. The molecule has 1 aromatic carbocycles. The number of hydrogen-bond acceptors (Lipinski definition) is 9. The predicted molar refractivity (Wildman–Crippen MR) is 140 cm³/mol. The van der Waals surface area contributed by atoms with Crippen molar-refractivity contribution < 1.29 is 13.9 Å². The van der Waals surface area contributed by atoms with Crippen LogP contribution in [-0.4, -0.2) is 36.9 Å². The highest BCUT2D eigenvalue weighted by molar-refractivity contribution is 7.09. The number of hydrogen-bond donors (Lipinski definition) is 1. The molecule has 1 N–H and O–H groups in total. The minimum Gasteiger partial charge on any atom is -0.468 e. The number of furan rings is 1. The second-order valence-electron chi connectivity index (χ2n) is 9.73. The number of fused-ring (bicyclic) bond motifs is 2. The maximum absolute atomic E-state index is 13.8. The summed E-state index contributed by atoms with van der Waals surface area (Å²) >= 11 is 1.68. The Bertz CT molecular complexity index is 1570. The van der Waals surface area contributed by atoms with Crippen LogP contribution in [-0.2, 0) is 13.1 Å². The highest BCUT2D eigenvalue weighted by Crippen LogP contribution is 2.38. The predicted octanol–water partition coefficient (Wildman–Crippen LogP) is 4.80. The van der Waals surface area contributed by atoms with Crippen molar-refractivity contribution >= 4 is 22.2 Å². The van der Waals surface area contributed by atoms with Crippen molar-refractivity contribution in [3.8, 4) is 11.5 Å². The van der Waals surface area contributed by atoms with Gasteiger partial charge in [-0.2, -0.15) is 0 Å². The molecule has 1 fully saturated rings. The first-order valence-electron chi connectivity index (χ1n) is 12.8. The van der Waals surface area contributed by atoms with E-state index >= 15 is 0 Å². The number of ether oxygens (including phenoxy) is 2. The Balaban J connectivity index is 1.40. The zero-order chi connectivity index (χ0) is 25.5. The first-order chi connectivity index (χ1) is 18.7. The summed E-state index contributed by atoms with van der Waals surface area (Å²) in [5, 5.41) is 16.0. The average molecular weight is 531 g/mol. The molecule has 10 nitrogen and oxygen atoms in total. The molecule has 0 amide bonds. The van der Waals surface area contributed by atoms with Crippen LogP contribution in [0.25, 0.3) is 10.9 Å². The van der Waals surface area contributed by atoms with Gasteiger partial charge in [0.15, 0.2) is 17.3 Å². The Morgan fingerprint density at radius 2 is 1.97 bits per heavy atom. The summed E-state index contributed by atoms with van der Waals surface area (Å²) in [6, 6.07) is 13.3. The van der Waals surface area contributed by atoms with Crippen molar-refractivity contribution in [2.45, 2.75) is 50.9 Å². The number of pyridine rings is 1. The van der Waals surface area contributed by atoms with Gasteiger partial charge >= 0.3 is 0 Å². The SMILES string of the molecule is O=c1[nH]c2cc3c(cc2cc1C(c1nnnn1C1CCCC1)N(Cc1ccco1)Cc1cccs1)OCO3. The molecule has 5 aromatic rings. The van der Waals surface area contributed by atoms with Gasteiger partial charge in [0.2, 0.25) is 6.79 Å². The second-order valence-corrected chi connectivity index (χ2v) is 10.8. The number of rotatable bonds is 8. The number of aromatic amines is 1. The van der Waals surface area contributed by atoms with Gasteiger partial charge in [-0.1, -0.05) is 18.9 Å². The summed E-state index contributed by atoms with van der Waals surface area (Å²) in [4.78, 5) is 20.2. The molecular formula is C27H26N6O4S. The zero-order valence-electron chi connectivity index (χ0n) is 20.6. The lowest BCUT2D eigenvalue weighted by molar-refractivity contribution is 0.174. The van der Waals surface area contributed by atoms with E-state index in [9.17, 15) is 4.79 Å². The lowest BCUT2D eigenvalue weighted by Gasteiger charge is -2.30. The fourth-order valence-corrected chi connectivity index (χ4v) is 6.28. The van der Waals surface area contributed by atoms with Crippen molar-refractivity contribution in [3.05, 3.63) is 86.5 Å². The third-order valence-corrected chi connectivity index (χ3v) is 8.20. The number of thiophene rings is 1. The molecule has 194 valence electrons. The number of nitrogens with zero attached hydrogens (tertiary/aromatic N) is 5. The molecule has 0 saturated heterocycles. The van der Waals surface area contributed by atoms with E-state index in [0.717, 1.165) is 36.8 Å². The standard InChI is InChI=1S/C27H26N6O4S/c34-27-21(11-17-12-23-24(37-16-36-23)13-22(17)28-27)25(26-29-30-31-33(26)18-5-1-2-6-18)32(14-19-7-3-9-35-19)15-20-8-4-10-38-20/h3-4,7-13,18,25H,1-2,5-6,14-16H2,(H,28,34). The van der Waals surface area contributed by atoms with Gasteiger partial charge in [0, 0.05) is 28.4 Å². The number of aromatic nitrogens is 5. The van der Waals surface area contributed by atoms with E-state index in [1.54, 1.807) is 17.6 Å². The van der Waals surface area contributed by atoms with Crippen molar-refractivity contribution in [1.29, 1.82) is 0 Å². The van der Waals surface area contributed by atoms with Gasteiger partial charge < -0.3 is 18.9 Å². The summed E-state index contributed by atoms with van der Waals surface area (Å²) in [5.74, 6) is 2.74. The Hall–Kier alpha value is -3.96. The van der Waals surface area contributed by atoms with Crippen LogP contribution in [0.4, 0.5) is 0 Å². The quantitative estimate of drug-likeness (QED) is 0.304. The minimum absolute atomic E-state index is 0.166. The maximum Gasteiger partial charge on any atom is 0.253 e. The van der Waals surface area contributed by atoms with Crippen LogP contribution in [0.15, 0.2) is 63.3 Å². The molecule has 1 aliphatic heterocycles. The van der Waals surface area contributed by atoms with Crippen molar-refractivity contribution in [2.75, 3.05) is 6.79 Å². The van der Waals surface area contributed by atoms with Gasteiger partial charge in [-0.25, -0.2) is 4.68 Å². The molecule has 1 saturated carbocycles. The molecule has 7 rings (SSSR count). The van der Waals surface area contributed by atoms with E-state index in [1.165, 1.54) is 4.88 Å². The molecule has 1 atom stereocenters. The largest absolute Gasteiger partial charge is 0.468 e. The summed E-state index contributed by atoms with van der Waals surface area (Å²) in [5.41, 5.74) is 1.06. The minimum atomic E-state index is -0.517. The Morgan fingerprint density at radius 3 is 2.76 bits per heavy atom. The van der Waals surface area contributed by atoms with Crippen molar-refractivity contribution in [3.63, 3.8) is 0 Å². The average Bonchev–Trinajstić information content (AvgIpc) is 3.73. The van der Waals surface area contributed by atoms with Crippen LogP contribution in [0.1, 0.15) is 59.8 Å². The monoisotopic (exact) mass is 530 g/mol.